The number of hydrogen-bond donors (Lipinski definition) is 0. The van der Waals surface area contributed by atoms with E-state index in [9.17, 15) is 0 Å². The average molecular weight is 783 g/mol. The molecule has 0 atom stereocenters. The molecule has 0 saturated carbocycles. The molecule has 0 aliphatic carbocycles. The summed E-state index contributed by atoms with van der Waals surface area (Å²) in [5, 5.41) is 0. The van der Waals surface area contributed by atoms with Crippen LogP contribution < -0.4 is 4.90 Å². The summed E-state index contributed by atoms with van der Waals surface area (Å²) in [6.07, 6.45) is 3.73. The molecule has 6 nitrogen and oxygen atoms in total. The zero-order valence-corrected chi connectivity index (χ0v) is 33.1. The molecule has 288 valence electrons. The first-order valence-electron chi connectivity index (χ1n) is 20.2. The largest absolute Gasteiger partial charge is 0.309 e. The van der Waals surface area contributed by atoms with Crippen molar-refractivity contribution in [2.75, 3.05) is 4.90 Å². The van der Waals surface area contributed by atoms with Crippen molar-refractivity contribution in [3.8, 4) is 78.9 Å². The van der Waals surface area contributed by atoms with Gasteiger partial charge in [-0.25, -0.2) is 15.0 Å². The van der Waals surface area contributed by atoms with E-state index in [2.05, 4.69) is 132 Å². The van der Waals surface area contributed by atoms with Crippen LogP contribution in [-0.4, -0.2) is 24.9 Å². The molecule has 0 aliphatic rings. The normalized spacial score (nSPS) is 11.0. The second kappa shape index (κ2) is 16.9. The van der Waals surface area contributed by atoms with Crippen LogP contribution in [0.1, 0.15) is 0 Å². The maximum absolute atomic E-state index is 4.99. The highest BCUT2D eigenvalue weighted by Crippen LogP contribution is 2.37. The Morgan fingerprint density at radius 2 is 0.607 bits per heavy atom. The molecule has 7 aromatic carbocycles. The minimum absolute atomic E-state index is 0.545. The smallest absolute Gasteiger partial charge is 0.165 e. The zero-order valence-electron chi connectivity index (χ0n) is 33.1. The van der Waals surface area contributed by atoms with Gasteiger partial charge in [-0.05, 0) is 88.0 Å². The van der Waals surface area contributed by atoms with Crippen LogP contribution in [0.3, 0.4) is 0 Å². The van der Waals surface area contributed by atoms with Crippen LogP contribution >= 0.6 is 0 Å². The lowest BCUT2D eigenvalue weighted by atomic mass is 10.0. The van der Waals surface area contributed by atoms with E-state index in [1.807, 2.05) is 103 Å². The first kappa shape index (κ1) is 37.0. The molecule has 0 N–H and O–H groups in total. The summed E-state index contributed by atoms with van der Waals surface area (Å²) in [6, 6.07) is 75.0. The molecule has 0 aliphatic heterocycles. The highest BCUT2D eigenvalue weighted by atomic mass is 15.1. The molecule has 0 spiro atoms. The second-order valence-corrected chi connectivity index (χ2v) is 14.6. The number of hydrogen-bond acceptors (Lipinski definition) is 6. The Balaban J connectivity index is 0.964. The van der Waals surface area contributed by atoms with Crippen molar-refractivity contribution in [2.45, 2.75) is 0 Å². The van der Waals surface area contributed by atoms with E-state index >= 15 is 0 Å². The first-order chi connectivity index (χ1) is 30.2. The van der Waals surface area contributed by atoms with E-state index in [0.717, 1.165) is 67.4 Å². The number of nitrogens with zero attached hydrogens (tertiary/aromatic N) is 6. The fraction of sp³-hybridized carbons (Fsp3) is 0. The van der Waals surface area contributed by atoms with Crippen molar-refractivity contribution < 1.29 is 0 Å². The molecular formula is C55H38N6. The van der Waals surface area contributed by atoms with Crippen molar-refractivity contribution in [3.63, 3.8) is 0 Å². The summed E-state index contributed by atoms with van der Waals surface area (Å²) < 4.78 is 0. The molecule has 10 rings (SSSR count). The Morgan fingerprint density at radius 3 is 1.08 bits per heavy atom. The highest BCUT2D eigenvalue weighted by Gasteiger charge is 2.16. The Bertz CT molecular complexity index is 2930. The Hall–Kier alpha value is -8.35. The fourth-order valence-electron chi connectivity index (χ4n) is 7.48. The van der Waals surface area contributed by atoms with Gasteiger partial charge in [-0.2, -0.15) is 0 Å². The number of pyridine rings is 2. The predicted octanol–water partition coefficient (Wildman–Crippen LogP) is 13.8. The van der Waals surface area contributed by atoms with E-state index in [4.69, 9.17) is 24.9 Å². The monoisotopic (exact) mass is 782 g/mol. The van der Waals surface area contributed by atoms with Gasteiger partial charge in [0, 0.05) is 34.3 Å². The van der Waals surface area contributed by atoms with Gasteiger partial charge in [0.05, 0.1) is 23.3 Å². The van der Waals surface area contributed by atoms with Gasteiger partial charge in [0.25, 0.3) is 0 Å². The van der Waals surface area contributed by atoms with Gasteiger partial charge >= 0.3 is 0 Å². The van der Waals surface area contributed by atoms with Gasteiger partial charge in [0.15, 0.2) is 17.5 Å². The lowest BCUT2D eigenvalue weighted by Gasteiger charge is -2.25. The van der Waals surface area contributed by atoms with Gasteiger partial charge in [-0.1, -0.05) is 164 Å². The van der Waals surface area contributed by atoms with E-state index in [1.165, 1.54) is 11.1 Å². The summed E-state index contributed by atoms with van der Waals surface area (Å²) in [6.45, 7) is 0. The van der Waals surface area contributed by atoms with Gasteiger partial charge in [0.1, 0.15) is 0 Å². The van der Waals surface area contributed by atoms with Crippen molar-refractivity contribution in [2.24, 2.45) is 0 Å². The highest BCUT2D eigenvalue weighted by molar-refractivity contribution is 5.80. The summed E-state index contributed by atoms with van der Waals surface area (Å²) in [5.74, 6) is 1.74. The number of anilines is 3. The van der Waals surface area contributed by atoms with Gasteiger partial charge in [-0.3, -0.25) is 9.97 Å². The average Bonchev–Trinajstić information content (AvgIpc) is 3.36. The van der Waals surface area contributed by atoms with E-state index in [-0.39, 0.29) is 0 Å². The Kier molecular flexibility index (Phi) is 10.2. The lowest BCUT2D eigenvalue weighted by molar-refractivity contribution is 1.07. The zero-order chi connectivity index (χ0) is 40.8. The molecule has 3 heterocycles. The minimum Gasteiger partial charge on any atom is -0.309 e. The molecule has 0 saturated heterocycles. The quantitative estimate of drug-likeness (QED) is 0.138. The summed E-state index contributed by atoms with van der Waals surface area (Å²) in [7, 11) is 0. The van der Waals surface area contributed by atoms with Crippen molar-refractivity contribution in [1.82, 2.24) is 24.9 Å². The minimum atomic E-state index is 0.545. The summed E-state index contributed by atoms with van der Waals surface area (Å²) in [5.41, 5.74) is 14.0. The molecule has 3 aromatic heterocycles. The van der Waals surface area contributed by atoms with E-state index < -0.39 is 0 Å². The van der Waals surface area contributed by atoms with Crippen LogP contribution in [0.25, 0.3) is 78.9 Å². The van der Waals surface area contributed by atoms with Crippen molar-refractivity contribution >= 4 is 17.1 Å². The summed E-state index contributed by atoms with van der Waals surface area (Å²) in [4.78, 5) is 26.9. The second-order valence-electron chi connectivity index (χ2n) is 14.6. The fourth-order valence-corrected chi connectivity index (χ4v) is 7.48. The van der Waals surface area contributed by atoms with Crippen LogP contribution in [0, 0.1) is 0 Å². The number of benzene rings is 7. The van der Waals surface area contributed by atoms with Crippen molar-refractivity contribution in [3.05, 3.63) is 231 Å². The van der Waals surface area contributed by atoms with Gasteiger partial charge in [-0.15, -0.1) is 0 Å². The maximum atomic E-state index is 4.99. The van der Waals surface area contributed by atoms with E-state index in [1.54, 1.807) is 0 Å². The first-order valence-corrected chi connectivity index (χ1v) is 20.2. The third kappa shape index (κ3) is 8.06. The number of rotatable bonds is 10. The van der Waals surface area contributed by atoms with Crippen LogP contribution in [0.15, 0.2) is 231 Å². The molecule has 0 radical (unpaired) electrons. The van der Waals surface area contributed by atoms with Gasteiger partial charge in [0.2, 0.25) is 0 Å². The van der Waals surface area contributed by atoms with Crippen LogP contribution in [0.4, 0.5) is 17.1 Å². The SMILES string of the molecule is c1ccc(-c2ccc(N(c3ccc(-c4ccccc4)cc3)c3ccc(-c4ccc(-c5nc(-c6ccccc6)nc(-c6cccc(-c7ccccc7)c6)n5)cn4)nc3)cc2)cc1. The standard InChI is InChI=1S/C55H38N6/c1-5-14-39(15-6-1)42-24-29-48(30-25-42)61(49-31-26-43(27-32-49)40-16-7-2-8-17-40)50-33-35-52(57-38-50)51-34-28-47(37-56-51)55-59-53(44-20-11-4-12-21-44)58-54(60-55)46-23-13-22-45(36-46)41-18-9-3-10-19-41/h1-38H. The van der Waals surface area contributed by atoms with Crippen molar-refractivity contribution in [1.29, 1.82) is 0 Å². The number of aromatic nitrogens is 5. The molecule has 0 fully saturated rings. The summed E-state index contributed by atoms with van der Waals surface area (Å²) >= 11 is 0. The Morgan fingerprint density at radius 1 is 0.246 bits per heavy atom. The lowest BCUT2D eigenvalue weighted by Crippen LogP contribution is -2.10. The molecule has 6 heteroatoms. The maximum Gasteiger partial charge on any atom is 0.165 e. The van der Waals surface area contributed by atoms with E-state index in [0.29, 0.717) is 17.5 Å². The Labute approximate surface area is 355 Å². The van der Waals surface area contributed by atoms with Crippen LogP contribution in [0.2, 0.25) is 0 Å². The van der Waals surface area contributed by atoms with Crippen LogP contribution in [-0.2, 0) is 0 Å². The topological polar surface area (TPSA) is 67.7 Å². The van der Waals surface area contributed by atoms with Crippen LogP contribution in [0.5, 0.6) is 0 Å². The third-order valence-corrected chi connectivity index (χ3v) is 10.7. The molecule has 10 aromatic rings. The molecule has 0 unspecified atom stereocenters. The molecule has 0 amide bonds. The van der Waals surface area contributed by atoms with Gasteiger partial charge < -0.3 is 4.90 Å². The molecular weight excluding hydrogens is 745 g/mol. The predicted molar refractivity (Wildman–Crippen MR) is 248 cm³/mol. The molecule has 61 heavy (non-hydrogen) atoms. The third-order valence-electron chi connectivity index (χ3n) is 10.7. The molecule has 0 bridgehead atoms.